The number of halogens is 2. The third kappa shape index (κ3) is 4.45. The summed E-state index contributed by atoms with van der Waals surface area (Å²) in [6, 6.07) is 18.1. The fourth-order valence-corrected chi connectivity index (χ4v) is 4.32. The van der Waals surface area contributed by atoms with Gasteiger partial charge in [-0.2, -0.15) is 0 Å². The van der Waals surface area contributed by atoms with Crippen LogP contribution in [0, 0.1) is 0 Å². The van der Waals surface area contributed by atoms with E-state index in [2.05, 4.69) is 14.9 Å². The molecule has 3 heterocycles. The Labute approximate surface area is 200 Å². The molecule has 8 heteroatoms. The van der Waals surface area contributed by atoms with Crippen LogP contribution in [0.25, 0.3) is 22.0 Å². The SMILES string of the molecule is O=C(c1ccc2ccc(=O)[nH]c2c1)N1CCN(c2ccc(-c3ccc(Cl)c(Cl)c3)cn2)CC1. The first kappa shape index (κ1) is 21.5. The molecule has 0 bridgehead atoms. The van der Waals surface area contributed by atoms with Crippen LogP contribution in [0.15, 0.2) is 71.7 Å². The summed E-state index contributed by atoms with van der Waals surface area (Å²) in [6.07, 6.45) is 1.82. The van der Waals surface area contributed by atoms with E-state index < -0.39 is 0 Å². The molecule has 1 amide bonds. The minimum Gasteiger partial charge on any atom is -0.353 e. The predicted octanol–water partition coefficient (Wildman–Crippen LogP) is 4.86. The van der Waals surface area contributed by atoms with Gasteiger partial charge >= 0.3 is 0 Å². The lowest BCUT2D eigenvalue weighted by atomic mass is 10.1. The van der Waals surface area contributed by atoms with Crippen LogP contribution in [0.1, 0.15) is 10.4 Å². The van der Waals surface area contributed by atoms with Gasteiger partial charge in [-0.15, -0.1) is 0 Å². The fraction of sp³-hybridized carbons (Fsp3) is 0.160. The van der Waals surface area contributed by atoms with Crippen LogP contribution in [0.4, 0.5) is 5.82 Å². The Bertz CT molecular complexity index is 1390. The first-order valence-corrected chi connectivity index (χ1v) is 11.3. The molecule has 0 atom stereocenters. The number of H-pyrrole nitrogens is 1. The summed E-state index contributed by atoms with van der Waals surface area (Å²) in [6.45, 7) is 2.57. The van der Waals surface area contributed by atoms with E-state index in [1.807, 2.05) is 41.4 Å². The number of pyridine rings is 2. The Balaban J connectivity index is 1.25. The zero-order valence-corrected chi connectivity index (χ0v) is 19.1. The minimum absolute atomic E-state index is 0.0378. The number of aromatic amines is 1. The second kappa shape index (κ2) is 8.89. The number of hydrogen-bond donors (Lipinski definition) is 1. The molecule has 0 spiro atoms. The maximum atomic E-state index is 13.0. The molecule has 166 valence electrons. The van der Waals surface area contributed by atoms with E-state index >= 15 is 0 Å². The van der Waals surface area contributed by atoms with Crippen molar-refractivity contribution in [2.24, 2.45) is 0 Å². The van der Waals surface area contributed by atoms with Crippen LogP contribution in [-0.4, -0.2) is 47.0 Å². The lowest BCUT2D eigenvalue weighted by Gasteiger charge is -2.35. The van der Waals surface area contributed by atoms with E-state index in [9.17, 15) is 9.59 Å². The summed E-state index contributed by atoms with van der Waals surface area (Å²) in [5, 5.41) is 1.93. The molecule has 1 saturated heterocycles. The van der Waals surface area contributed by atoms with Gasteiger partial charge in [0.25, 0.3) is 5.91 Å². The van der Waals surface area contributed by atoms with E-state index in [0.29, 0.717) is 47.3 Å². The predicted molar refractivity (Wildman–Crippen MR) is 132 cm³/mol. The van der Waals surface area contributed by atoms with Gasteiger partial charge in [-0.3, -0.25) is 9.59 Å². The van der Waals surface area contributed by atoms with Crippen molar-refractivity contribution < 1.29 is 4.79 Å². The molecule has 0 unspecified atom stereocenters. The number of benzene rings is 2. The second-order valence-corrected chi connectivity index (χ2v) is 8.75. The number of nitrogens with one attached hydrogen (secondary N) is 1. The number of amides is 1. The van der Waals surface area contributed by atoms with Crippen LogP contribution in [-0.2, 0) is 0 Å². The maximum absolute atomic E-state index is 13.0. The van der Waals surface area contributed by atoms with Gasteiger partial charge in [-0.1, -0.05) is 35.3 Å². The molecule has 5 rings (SSSR count). The number of hydrogen-bond acceptors (Lipinski definition) is 4. The summed E-state index contributed by atoms with van der Waals surface area (Å²) in [4.78, 5) is 36.0. The molecular weight excluding hydrogens is 459 g/mol. The molecule has 1 aliphatic rings. The van der Waals surface area contributed by atoms with Crippen molar-refractivity contribution in [2.45, 2.75) is 0 Å². The van der Waals surface area contributed by atoms with Crippen molar-refractivity contribution in [3.05, 3.63) is 92.8 Å². The van der Waals surface area contributed by atoms with Crippen LogP contribution in [0.2, 0.25) is 10.0 Å². The van der Waals surface area contributed by atoms with Crippen molar-refractivity contribution >= 4 is 45.8 Å². The number of aromatic nitrogens is 2. The molecule has 0 saturated carbocycles. The number of nitrogens with zero attached hydrogens (tertiary/aromatic N) is 3. The first-order valence-electron chi connectivity index (χ1n) is 10.6. The van der Waals surface area contributed by atoms with Crippen LogP contribution < -0.4 is 10.5 Å². The Kier molecular flexibility index (Phi) is 5.79. The van der Waals surface area contributed by atoms with E-state index in [4.69, 9.17) is 23.2 Å². The zero-order chi connectivity index (χ0) is 22.9. The van der Waals surface area contributed by atoms with Crippen LogP contribution in [0.3, 0.4) is 0 Å². The summed E-state index contributed by atoms with van der Waals surface area (Å²) < 4.78 is 0. The number of rotatable bonds is 3. The Morgan fingerprint density at radius 1 is 0.848 bits per heavy atom. The third-order valence-electron chi connectivity index (χ3n) is 5.86. The normalized spacial score (nSPS) is 14.0. The molecule has 2 aromatic heterocycles. The quantitative estimate of drug-likeness (QED) is 0.456. The van der Waals surface area contributed by atoms with Gasteiger partial charge in [0.15, 0.2) is 0 Å². The summed E-state index contributed by atoms with van der Waals surface area (Å²) in [5.74, 6) is 0.832. The van der Waals surface area contributed by atoms with Crippen molar-refractivity contribution in [3.63, 3.8) is 0 Å². The van der Waals surface area contributed by atoms with Crippen LogP contribution in [0.5, 0.6) is 0 Å². The molecule has 6 nitrogen and oxygen atoms in total. The molecule has 1 fully saturated rings. The van der Waals surface area contributed by atoms with Gasteiger partial charge in [0.05, 0.1) is 10.0 Å². The van der Waals surface area contributed by atoms with E-state index in [1.54, 1.807) is 24.3 Å². The molecular formula is C25H20Cl2N4O2. The molecule has 0 radical (unpaired) electrons. The Morgan fingerprint density at radius 2 is 1.61 bits per heavy atom. The highest BCUT2D eigenvalue weighted by Crippen LogP contribution is 2.29. The Hall–Kier alpha value is -3.35. The zero-order valence-electron chi connectivity index (χ0n) is 17.6. The molecule has 0 aliphatic carbocycles. The van der Waals surface area contributed by atoms with Crippen molar-refractivity contribution in [3.8, 4) is 11.1 Å². The van der Waals surface area contributed by atoms with E-state index in [1.165, 1.54) is 6.07 Å². The van der Waals surface area contributed by atoms with Gasteiger partial charge in [-0.05, 0) is 53.4 Å². The van der Waals surface area contributed by atoms with E-state index in [0.717, 1.165) is 22.3 Å². The number of fused-ring (bicyclic) bond motifs is 1. The maximum Gasteiger partial charge on any atom is 0.254 e. The topological polar surface area (TPSA) is 69.3 Å². The lowest BCUT2D eigenvalue weighted by molar-refractivity contribution is 0.0746. The van der Waals surface area contributed by atoms with Crippen molar-refractivity contribution in [1.82, 2.24) is 14.9 Å². The number of piperazine rings is 1. The molecule has 2 aromatic carbocycles. The smallest absolute Gasteiger partial charge is 0.254 e. The summed E-state index contributed by atoms with van der Waals surface area (Å²) >= 11 is 12.1. The van der Waals surface area contributed by atoms with E-state index in [-0.39, 0.29) is 11.5 Å². The average molecular weight is 479 g/mol. The monoisotopic (exact) mass is 478 g/mol. The highest BCUT2D eigenvalue weighted by Gasteiger charge is 2.23. The van der Waals surface area contributed by atoms with Gasteiger partial charge in [-0.25, -0.2) is 4.98 Å². The third-order valence-corrected chi connectivity index (χ3v) is 6.60. The number of carbonyl (C=O) groups excluding carboxylic acids is 1. The van der Waals surface area contributed by atoms with Crippen LogP contribution >= 0.6 is 23.2 Å². The van der Waals surface area contributed by atoms with Crippen molar-refractivity contribution in [1.29, 1.82) is 0 Å². The molecule has 33 heavy (non-hydrogen) atoms. The van der Waals surface area contributed by atoms with Gasteiger partial charge in [0.1, 0.15) is 5.82 Å². The van der Waals surface area contributed by atoms with Crippen molar-refractivity contribution in [2.75, 3.05) is 31.1 Å². The molecule has 4 aromatic rings. The fourth-order valence-electron chi connectivity index (χ4n) is 4.02. The number of carbonyl (C=O) groups is 1. The van der Waals surface area contributed by atoms with Gasteiger partial charge < -0.3 is 14.8 Å². The Morgan fingerprint density at radius 3 is 2.33 bits per heavy atom. The summed E-state index contributed by atoms with van der Waals surface area (Å²) in [5.41, 5.74) is 2.97. The van der Waals surface area contributed by atoms with Gasteiger partial charge in [0.2, 0.25) is 5.56 Å². The average Bonchev–Trinajstić information content (AvgIpc) is 2.85. The van der Waals surface area contributed by atoms with Gasteiger partial charge in [0, 0.05) is 55.1 Å². The summed E-state index contributed by atoms with van der Waals surface area (Å²) in [7, 11) is 0. The lowest BCUT2D eigenvalue weighted by Crippen LogP contribution is -2.49. The highest BCUT2D eigenvalue weighted by atomic mass is 35.5. The number of anilines is 1. The highest BCUT2D eigenvalue weighted by molar-refractivity contribution is 6.42. The molecule has 1 aliphatic heterocycles. The first-order chi connectivity index (χ1) is 16.0. The second-order valence-electron chi connectivity index (χ2n) is 7.94. The molecule has 1 N–H and O–H groups in total. The largest absolute Gasteiger partial charge is 0.353 e. The minimum atomic E-state index is -0.182. The standard InChI is InChI=1S/C25H20Cl2N4O2/c26-20-6-3-17(13-21(20)27)19-4-7-23(28-15-19)30-9-11-31(12-10-30)25(33)18-2-1-16-5-8-24(32)29-22(16)14-18/h1-8,13-15H,9-12H2,(H,29,32).